The molecule has 0 saturated heterocycles. The molecular formula is C19H22N2O2S. The molecule has 5 heteroatoms. The van der Waals surface area contributed by atoms with Gasteiger partial charge in [-0.1, -0.05) is 29.8 Å². The Bertz CT molecular complexity index is 699. The topological polar surface area (TPSA) is 58.2 Å². The molecule has 0 unspecified atom stereocenters. The number of amides is 2. The molecule has 0 aromatic heterocycles. The fraction of sp³-hybridized carbons (Fsp3) is 0.263. The summed E-state index contributed by atoms with van der Waals surface area (Å²) in [6.45, 7) is 3.99. The van der Waals surface area contributed by atoms with Crippen LogP contribution in [0.5, 0.6) is 0 Å². The van der Waals surface area contributed by atoms with Crippen molar-refractivity contribution >= 4 is 35.0 Å². The van der Waals surface area contributed by atoms with E-state index in [0.717, 1.165) is 22.5 Å². The first-order chi connectivity index (χ1) is 11.5. The third kappa shape index (κ3) is 6.46. The summed E-state index contributed by atoms with van der Waals surface area (Å²) in [5, 5.41) is 5.71. The molecule has 0 heterocycles. The van der Waals surface area contributed by atoms with E-state index in [1.165, 1.54) is 11.8 Å². The van der Waals surface area contributed by atoms with Crippen molar-refractivity contribution in [3.05, 3.63) is 59.7 Å². The normalized spacial score (nSPS) is 10.2. The Hall–Kier alpha value is -2.27. The second kappa shape index (κ2) is 9.13. The van der Waals surface area contributed by atoms with Gasteiger partial charge in [-0.3, -0.25) is 9.59 Å². The number of benzene rings is 2. The second-order valence-electron chi connectivity index (χ2n) is 5.63. The van der Waals surface area contributed by atoms with Gasteiger partial charge in [0, 0.05) is 23.5 Å². The molecule has 0 fully saturated rings. The van der Waals surface area contributed by atoms with E-state index in [1.54, 1.807) is 0 Å². The van der Waals surface area contributed by atoms with Crippen LogP contribution in [0.25, 0.3) is 0 Å². The van der Waals surface area contributed by atoms with Crippen LogP contribution < -0.4 is 10.6 Å². The zero-order chi connectivity index (χ0) is 17.4. The molecule has 2 aromatic rings. The van der Waals surface area contributed by atoms with E-state index in [9.17, 15) is 9.59 Å². The van der Waals surface area contributed by atoms with Crippen molar-refractivity contribution in [3.63, 3.8) is 0 Å². The van der Waals surface area contributed by atoms with Crippen LogP contribution >= 0.6 is 11.8 Å². The molecule has 2 amide bonds. The number of anilines is 2. The number of hydrogen-bond acceptors (Lipinski definition) is 3. The fourth-order valence-electron chi connectivity index (χ4n) is 2.11. The predicted molar refractivity (Wildman–Crippen MR) is 102 cm³/mol. The highest BCUT2D eigenvalue weighted by molar-refractivity contribution is 7.99. The van der Waals surface area contributed by atoms with Crippen LogP contribution in [0.3, 0.4) is 0 Å². The molecule has 2 aromatic carbocycles. The molecule has 0 atom stereocenters. The first kappa shape index (κ1) is 18.1. The lowest BCUT2D eigenvalue weighted by Gasteiger charge is -2.07. The summed E-state index contributed by atoms with van der Waals surface area (Å²) in [6, 6.07) is 15.4. The van der Waals surface area contributed by atoms with E-state index in [4.69, 9.17) is 0 Å². The Morgan fingerprint density at radius 2 is 1.58 bits per heavy atom. The van der Waals surface area contributed by atoms with Gasteiger partial charge in [-0.25, -0.2) is 0 Å². The average molecular weight is 342 g/mol. The van der Waals surface area contributed by atoms with Gasteiger partial charge in [-0.2, -0.15) is 11.8 Å². The fourth-order valence-corrected chi connectivity index (χ4v) is 2.84. The van der Waals surface area contributed by atoms with E-state index in [-0.39, 0.29) is 11.8 Å². The van der Waals surface area contributed by atoms with E-state index in [2.05, 4.69) is 10.6 Å². The number of rotatable bonds is 7. The van der Waals surface area contributed by atoms with Crippen LogP contribution in [0.2, 0.25) is 0 Å². The van der Waals surface area contributed by atoms with Crippen LogP contribution in [-0.2, 0) is 9.59 Å². The molecule has 2 rings (SSSR count). The van der Waals surface area contributed by atoms with Gasteiger partial charge in [0.25, 0.3) is 0 Å². The van der Waals surface area contributed by atoms with Crippen molar-refractivity contribution in [2.75, 3.05) is 22.1 Å². The number of nitrogens with one attached hydrogen (secondary N) is 2. The van der Waals surface area contributed by atoms with Gasteiger partial charge in [-0.05, 0) is 43.7 Å². The third-order valence-corrected chi connectivity index (χ3v) is 4.30. The number of carbonyl (C=O) groups excluding carboxylic acids is 2. The predicted octanol–water partition coefficient (Wildman–Crippen LogP) is 4.00. The smallest absolute Gasteiger partial charge is 0.234 e. The largest absolute Gasteiger partial charge is 0.326 e. The lowest BCUT2D eigenvalue weighted by molar-refractivity contribution is -0.116. The van der Waals surface area contributed by atoms with Gasteiger partial charge in [0.2, 0.25) is 11.8 Å². The van der Waals surface area contributed by atoms with Crippen molar-refractivity contribution in [1.29, 1.82) is 0 Å². The Labute approximate surface area is 147 Å². The van der Waals surface area contributed by atoms with Gasteiger partial charge in [0.1, 0.15) is 0 Å². The van der Waals surface area contributed by atoms with E-state index < -0.39 is 0 Å². The highest BCUT2D eigenvalue weighted by atomic mass is 32.2. The summed E-state index contributed by atoms with van der Waals surface area (Å²) in [7, 11) is 0. The maximum atomic E-state index is 11.9. The molecule has 0 saturated carbocycles. The minimum absolute atomic E-state index is 0.0351. The standard InChI is InChI=1S/C19H22N2O2S/c1-14-6-8-16(9-7-14)20-19(23)13-24-11-10-18(22)21-17-5-3-4-15(2)12-17/h3-9,12H,10-11,13H2,1-2H3,(H,20,23)(H,21,22). The highest BCUT2D eigenvalue weighted by Crippen LogP contribution is 2.12. The summed E-state index contributed by atoms with van der Waals surface area (Å²) < 4.78 is 0. The Balaban J connectivity index is 1.64. The number of hydrogen-bond donors (Lipinski definition) is 2. The second-order valence-corrected chi connectivity index (χ2v) is 6.74. The summed E-state index contributed by atoms with van der Waals surface area (Å²) >= 11 is 1.45. The van der Waals surface area contributed by atoms with Crippen molar-refractivity contribution in [3.8, 4) is 0 Å². The lowest BCUT2D eigenvalue weighted by Crippen LogP contribution is -2.16. The lowest BCUT2D eigenvalue weighted by atomic mass is 10.2. The maximum absolute atomic E-state index is 11.9. The molecule has 0 spiro atoms. The van der Waals surface area contributed by atoms with Crippen molar-refractivity contribution in [1.82, 2.24) is 0 Å². The zero-order valence-corrected chi connectivity index (χ0v) is 14.8. The molecule has 24 heavy (non-hydrogen) atoms. The highest BCUT2D eigenvalue weighted by Gasteiger charge is 2.05. The summed E-state index contributed by atoms with van der Waals surface area (Å²) in [5.41, 5.74) is 3.86. The van der Waals surface area contributed by atoms with Gasteiger partial charge >= 0.3 is 0 Å². The molecule has 0 aliphatic carbocycles. The maximum Gasteiger partial charge on any atom is 0.234 e. The monoisotopic (exact) mass is 342 g/mol. The quantitative estimate of drug-likeness (QED) is 0.748. The number of carbonyl (C=O) groups is 2. The molecule has 0 aliphatic heterocycles. The van der Waals surface area contributed by atoms with Crippen molar-refractivity contribution < 1.29 is 9.59 Å². The third-order valence-electron chi connectivity index (χ3n) is 3.34. The first-order valence-corrected chi connectivity index (χ1v) is 8.99. The van der Waals surface area contributed by atoms with Crippen LogP contribution in [0.1, 0.15) is 17.5 Å². The van der Waals surface area contributed by atoms with E-state index >= 15 is 0 Å². The zero-order valence-electron chi connectivity index (χ0n) is 14.0. The molecule has 0 radical (unpaired) electrons. The minimum atomic E-state index is -0.0528. The SMILES string of the molecule is Cc1ccc(NC(=O)CSCCC(=O)Nc2cccc(C)c2)cc1. The molecule has 2 N–H and O–H groups in total. The van der Waals surface area contributed by atoms with Crippen molar-refractivity contribution in [2.45, 2.75) is 20.3 Å². The molecule has 126 valence electrons. The number of aryl methyl sites for hydroxylation is 2. The molecule has 0 bridgehead atoms. The van der Waals surface area contributed by atoms with E-state index in [0.29, 0.717) is 17.9 Å². The van der Waals surface area contributed by atoms with Gasteiger partial charge in [0.05, 0.1) is 5.75 Å². The van der Waals surface area contributed by atoms with Crippen LogP contribution in [-0.4, -0.2) is 23.3 Å². The first-order valence-electron chi connectivity index (χ1n) is 7.84. The van der Waals surface area contributed by atoms with Crippen molar-refractivity contribution in [2.24, 2.45) is 0 Å². The van der Waals surface area contributed by atoms with Gasteiger partial charge in [0.15, 0.2) is 0 Å². The van der Waals surface area contributed by atoms with E-state index in [1.807, 2.05) is 62.4 Å². The molecule has 4 nitrogen and oxygen atoms in total. The van der Waals surface area contributed by atoms with Crippen LogP contribution in [0, 0.1) is 13.8 Å². The molecule has 0 aliphatic rings. The van der Waals surface area contributed by atoms with Crippen LogP contribution in [0.15, 0.2) is 48.5 Å². The molecular weight excluding hydrogens is 320 g/mol. The summed E-state index contributed by atoms with van der Waals surface area (Å²) in [4.78, 5) is 23.7. The summed E-state index contributed by atoms with van der Waals surface area (Å²) in [5.74, 6) is 0.861. The van der Waals surface area contributed by atoms with Gasteiger partial charge in [-0.15, -0.1) is 0 Å². The van der Waals surface area contributed by atoms with Crippen LogP contribution in [0.4, 0.5) is 11.4 Å². The Morgan fingerprint density at radius 1 is 0.875 bits per heavy atom. The Kier molecular flexibility index (Phi) is 6.88. The number of thioether (sulfide) groups is 1. The minimum Gasteiger partial charge on any atom is -0.326 e. The summed E-state index contributed by atoms with van der Waals surface area (Å²) in [6.07, 6.45) is 0.385. The Morgan fingerprint density at radius 3 is 2.29 bits per heavy atom. The average Bonchev–Trinajstić information content (AvgIpc) is 2.54. The van der Waals surface area contributed by atoms with Gasteiger partial charge < -0.3 is 10.6 Å².